The van der Waals surface area contributed by atoms with E-state index in [1.807, 2.05) is 0 Å². The Bertz CT molecular complexity index is 563. The lowest BCUT2D eigenvalue weighted by molar-refractivity contribution is -0.742. The van der Waals surface area contributed by atoms with Gasteiger partial charge in [-0.2, -0.15) is 4.98 Å². The number of benzene rings is 1. The molecule has 2 rings (SSSR count). The Morgan fingerprint density at radius 1 is 1.37 bits per heavy atom. The molecule has 0 bridgehead atoms. The average Bonchev–Trinajstić information content (AvgIpc) is 2.74. The number of rotatable bonds is 2. The third-order valence-corrected chi connectivity index (χ3v) is 1.82. The van der Waals surface area contributed by atoms with Gasteiger partial charge in [0.05, 0.1) is 0 Å². The van der Waals surface area contributed by atoms with E-state index in [4.69, 9.17) is 21.1 Å². The molecule has 100 valence electrons. The number of nitrogens with one attached hydrogen (secondary N) is 1. The minimum Gasteiger partial charge on any atom is -0.366 e. The van der Waals surface area contributed by atoms with Gasteiger partial charge < -0.3 is 10.9 Å². The van der Waals surface area contributed by atoms with E-state index in [1.165, 1.54) is 12.1 Å². The number of anilines is 1. The summed E-state index contributed by atoms with van der Waals surface area (Å²) in [6.07, 6.45) is 3.51. The third-order valence-electron chi connectivity index (χ3n) is 1.82. The zero-order valence-corrected chi connectivity index (χ0v) is 9.52. The number of halogens is 1. The van der Waals surface area contributed by atoms with Gasteiger partial charge in [0.25, 0.3) is 5.09 Å². The van der Waals surface area contributed by atoms with E-state index in [1.54, 1.807) is 24.3 Å². The molecule has 1 heterocycles. The molecule has 0 aliphatic rings. The van der Waals surface area contributed by atoms with Crippen LogP contribution in [0.25, 0.3) is 12.2 Å². The van der Waals surface area contributed by atoms with Crippen LogP contribution in [0.2, 0.25) is 0 Å². The Morgan fingerprint density at radius 2 is 1.95 bits per heavy atom. The maximum absolute atomic E-state index is 12.6. The van der Waals surface area contributed by atoms with Crippen molar-refractivity contribution in [1.82, 2.24) is 15.2 Å². The number of aromatic amines is 1. The van der Waals surface area contributed by atoms with Crippen molar-refractivity contribution in [3.8, 4) is 0 Å². The van der Waals surface area contributed by atoms with Gasteiger partial charge in [0, 0.05) is 0 Å². The second-order valence-corrected chi connectivity index (χ2v) is 3.20. The molecule has 9 heteroatoms. The standard InChI is InChI=1S/C10H9FN4.HNO3/c11-8-4-1-7(2-5-8)3-6-9-13-10(12)15-14-9;2-1(3)4/h1-6H,(H3,12,13,14,15);(H,2,3,4)/b6-3+;. The van der Waals surface area contributed by atoms with E-state index in [0.717, 1.165) is 5.56 Å². The lowest BCUT2D eigenvalue weighted by atomic mass is 10.2. The summed E-state index contributed by atoms with van der Waals surface area (Å²) < 4.78 is 12.6. The fourth-order valence-electron chi connectivity index (χ4n) is 1.11. The topological polar surface area (TPSA) is 131 Å². The second-order valence-electron chi connectivity index (χ2n) is 3.20. The van der Waals surface area contributed by atoms with Crippen molar-refractivity contribution in [3.05, 3.63) is 51.6 Å². The molecule has 0 atom stereocenters. The molecule has 1 aromatic heterocycles. The van der Waals surface area contributed by atoms with Gasteiger partial charge >= 0.3 is 0 Å². The highest BCUT2D eigenvalue weighted by Crippen LogP contribution is 2.06. The van der Waals surface area contributed by atoms with Crippen LogP contribution in [0, 0.1) is 15.9 Å². The van der Waals surface area contributed by atoms with Gasteiger partial charge in [0.15, 0.2) is 0 Å². The first-order valence-corrected chi connectivity index (χ1v) is 4.92. The van der Waals surface area contributed by atoms with Crippen LogP contribution in [0.15, 0.2) is 24.3 Å². The molecule has 0 amide bonds. The maximum Gasteiger partial charge on any atom is 0.291 e. The molecule has 8 nitrogen and oxygen atoms in total. The number of nitrogens with two attached hydrogens (primary N) is 1. The largest absolute Gasteiger partial charge is 0.366 e. The fraction of sp³-hybridized carbons (Fsp3) is 0. The van der Waals surface area contributed by atoms with Crippen LogP contribution in [0.3, 0.4) is 0 Å². The summed E-state index contributed by atoms with van der Waals surface area (Å²) in [5, 5.41) is 20.0. The number of aromatic nitrogens is 3. The van der Waals surface area contributed by atoms with Gasteiger partial charge in [-0.15, -0.1) is 15.2 Å². The Kier molecular flexibility index (Phi) is 4.96. The van der Waals surface area contributed by atoms with Crippen LogP contribution in [0.5, 0.6) is 0 Å². The van der Waals surface area contributed by atoms with Crippen molar-refractivity contribution in [1.29, 1.82) is 0 Å². The molecule has 0 saturated carbocycles. The quantitative estimate of drug-likeness (QED) is 0.556. The van der Waals surface area contributed by atoms with Crippen LogP contribution < -0.4 is 5.73 Å². The monoisotopic (exact) mass is 267 g/mol. The highest BCUT2D eigenvalue weighted by atomic mass is 19.1. The molecule has 0 unspecified atom stereocenters. The van der Waals surface area contributed by atoms with Crippen LogP contribution in [0.4, 0.5) is 10.3 Å². The number of H-pyrrole nitrogens is 1. The predicted octanol–water partition coefficient (Wildman–Crippen LogP) is 1.35. The molecule has 4 N–H and O–H groups in total. The van der Waals surface area contributed by atoms with Gasteiger partial charge in [0.1, 0.15) is 11.6 Å². The zero-order chi connectivity index (χ0) is 14.3. The van der Waals surface area contributed by atoms with Gasteiger partial charge in [0.2, 0.25) is 5.95 Å². The maximum atomic E-state index is 12.6. The van der Waals surface area contributed by atoms with E-state index in [0.29, 0.717) is 5.82 Å². The summed E-state index contributed by atoms with van der Waals surface area (Å²) in [4.78, 5) is 12.3. The Balaban J connectivity index is 0.000000399. The van der Waals surface area contributed by atoms with Crippen molar-refractivity contribution >= 4 is 18.1 Å². The molecule has 0 aliphatic heterocycles. The summed E-state index contributed by atoms with van der Waals surface area (Å²) in [7, 11) is 0. The average molecular weight is 267 g/mol. The summed E-state index contributed by atoms with van der Waals surface area (Å²) in [5.74, 6) is 0.515. The van der Waals surface area contributed by atoms with E-state index >= 15 is 0 Å². The normalized spacial score (nSPS) is 9.95. The molecule has 0 aliphatic carbocycles. The number of hydrogen-bond donors (Lipinski definition) is 3. The van der Waals surface area contributed by atoms with Crippen molar-refractivity contribution < 1.29 is 14.7 Å². The fourth-order valence-corrected chi connectivity index (χ4v) is 1.11. The predicted molar refractivity (Wildman–Crippen MR) is 64.9 cm³/mol. The van der Waals surface area contributed by atoms with Gasteiger partial charge in [-0.1, -0.05) is 18.2 Å². The van der Waals surface area contributed by atoms with Crippen molar-refractivity contribution in [2.75, 3.05) is 5.73 Å². The van der Waals surface area contributed by atoms with Crippen LogP contribution in [0.1, 0.15) is 11.4 Å². The first-order chi connectivity index (χ1) is 8.97. The molecule has 1 aromatic carbocycles. The van der Waals surface area contributed by atoms with Crippen molar-refractivity contribution in [2.24, 2.45) is 0 Å². The van der Waals surface area contributed by atoms with Crippen LogP contribution >= 0.6 is 0 Å². The molecule has 19 heavy (non-hydrogen) atoms. The minimum atomic E-state index is -1.50. The van der Waals surface area contributed by atoms with Crippen LogP contribution in [-0.4, -0.2) is 25.5 Å². The molecule has 0 radical (unpaired) electrons. The highest BCUT2D eigenvalue weighted by molar-refractivity contribution is 5.66. The van der Waals surface area contributed by atoms with E-state index in [9.17, 15) is 4.39 Å². The van der Waals surface area contributed by atoms with E-state index in [-0.39, 0.29) is 11.8 Å². The number of nitrogen functional groups attached to an aromatic ring is 1. The Labute approximate surface area is 106 Å². The third kappa shape index (κ3) is 5.77. The van der Waals surface area contributed by atoms with Crippen molar-refractivity contribution in [3.63, 3.8) is 0 Å². The Morgan fingerprint density at radius 3 is 2.42 bits per heavy atom. The first kappa shape index (κ1) is 14.1. The Hall–Kier alpha value is -2.97. The molecule has 0 saturated heterocycles. The first-order valence-electron chi connectivity index (χ1n) is 4.92. The lowest BCUT2D eigenvalue weighted by Crippen LogP contribution is -1.85. The molecule has 2 aromatic rings. The second kappa shape index (κ2) is 6.69. The smallest absolute Gasteiger partial charge is 0.291 e. The molecular formula is C10H10FN5O3. The summed E-state index contributed by atoms with van der Waals surface area (Å²) in [6.45, 7) is 0. The summed E-state index contributed by atoms with van der Waals surface area (Å²) in [6, 6.07) is 6.14. The summed E-state index contributed by atoms with van der Waals surface area (Å²) in [5.41, 5.74) is 6.21. The van der Waals surface area contributed by atoms with Gasteiger partial charge in [-0.05, 0) is 23.8 Å². The molecule has 0 spiro atoms. The minimum absolute atomic E-state index is 0.203. The van der Waals surface area contributed by atoms with E-state index < -0.39 is 5.09 Å². The number of nitrogens with zero attached hydrogens (tertiary/aromatic N) is 3. The zero-order valence-electron chi connectivity index (χ0n) is 9.52. The van der Waals surface area contributed by atoms with Gasteiger partial charge in [-0.3, -0.25) is 5.10 Å². The summed E-state index contributed by atoms with van der Waals surface area (Å²) >= 11 is 0. The number of hydrogen-bond acceptors (Lipinski definition) is 5. The highest BCUT2D eigenvalue weighted by Gasteiger charge is 1.94. The van der Waals surface area contributed by atoms with Crippen LogP contribution in [-0.2, 0) is 0 Å². The van der Waals surface area contributed by atoms with Gasteiger partial charge in [-0.25, -0.2) is 4.39 Å². The SMILES string of the molecule is Nc1n[nH]c(/C=C/c2ccc(F)cc2)n1.O=[N+]([O-])O. The molecule has 0 fully saturated rings. The van der Waals surface area contributed by atoms with Crippen molar-refractivity contribution in [2.45, 2.75) is 0 Å². The lowest BCUT2D eigenvalue weighted by Gasteiger charge is -1.91. The van der Waals surface area contributed by atoms with E-state index in [2.05, 4.69) is 15.2 Å². The molecular weight excluding hydrogens is 257 g/mol.